The maximum atomic E-state index is 9.40. The summed E-state index contributed by atoms with van der Waals surface area (Å²) >= 11 is 0. The molecular formula is C15H25NO3. The van der Waals surface area contributed by atoms with Crippen molar-refractivity contribution >= 4 is 0 Å². The minimum absolute atomic E-state index is 0.0610. The van der Waals surface area contributed by atoms with Crippen molar-refractivity contribution in [2.75, 3.05) is 20.8 Å². The molecule has 0 aromatic heterocycles. The number of benzene rings is 1. The van der Waals surface area contributed by atoms with Crippen molar-refractivity contribution in [1.82, 2.24) is 5.32 Å². The number of aliphatic hydroxyl groups is 1. The lowest BCUT2D eigenvalue weighted by molar-refractivity contribution is 0.200. The Bertz CT molecular complexity index is 393. The molecule has 19 heavy (non-hydrogen) atoms. The molecule has 1 rings (SSSR count). The van der Waals surface area contributed by atoms with Crippen LogP contribution in [0.5, 0.6) is 11.5 Å². The Labute approximate surface area is 115 Å². The Balaban J connectivity index is 2.93. The van der Waals surface area contributed by atoms with Crippen LogP contribution in [-0.2, 0) is 0 Å². The molecule has 4 heteroatoms. The van der Waals surface area contributed by atoms with E-state index in [0.29, 0.717) is 5.92 Å². The van der Waals surface area contributed by atoms with Gasteiger partial charge in [0, 0.05) is 17.6 Å². The molecule has 1 aromatic rings. The van der Waals surface area contributed by atoms with Gasteiger partial charge >= 0.3 is 0 Å². The molecule has 0 spiro atoms. The normalized spacial score (nSPS) is 14.3. The molecule has 0 radical (unpaired) electrons. The van der Waals surface area contributed by atoms with Gasteiger partial charge in [0.15, 0.2) is 0 Å². The first kappa shape index (κ1) is 15.8. The summed E-state index contributed by atoms with van der Waals surface area (Å²) < 4.78 is 10.6. The molecule has 0 heterocycles. The third kappa shape index (κ3) is 4.11. The highest BCUT2D eigenvalue weighted by Crippen LogP contribution is 2.29. The zero-order valence-electron chi connectivity index (χ0n) is 12.4. The summed E-state index contributed by atoms with van der Waals surface area (Å²) in [5.74, 6) is 1.99. The lowest BCUT2D eigenvalue weighted by Gasteiger charge is -2.26. The number of aliphatic hydroxyl groups excluding tert-OH is 1. The molecule has 0 aliphatic rings. The number of hydrogen-bond acceptors (Lipinski definition) is 4. The van der Waals surface area contributed by atoms with E-state index in [1.807, 2.05) is 18.2 Å². The first-order valence-corrected chi connectivity index (χ1v) is 6.62. The van der Waals surface area contributed by atoms with Gasteiger partial charge in [0.2, 0.25) is 0 Å². The highest BCUT2D eigenvalue weighted by Gasteiger charge is 2.18. The Hall–Kier alpha value is -1.26. The monoisotopic (exact) mass is 267 g/mol. The van der Waals surface area contributed by atoms with Crippen LogP contribution in [0.25, 0.3) is 0 Å². The van der Waals surface area contributed by atoms with Gasteiger partial charge in [0.1, 0.15) is 11.5 Å². The summed E-state index contributed by atoms with van der Waals surface area (Å²) in [7, 11) is 3.30. The molecule has 1 unspecified atom stereocenters. The lowest BCUT2D eigenvalue weighted by atomic mass is 10.0. The number of nitrogens with one attached hydrogen (secondary N) is 1. The number of rotatable bonds is 7. The van der Waals surface area contributed by atoms with Crippen LogP contribution in [0.3, 0.4) is 0 Å². The van der Waals surface area contributed by atoms with E-state index in [9.17, 15) is 5.11 Å². The summed E-state index contributed by atoms with van der Waals surface area (Å²) in [6.45, 7) is 6.35. The molecule has 2 atom stereocenters. The third-order valence-electron chi connectivity index (χ3n) is 3.37. The average molecular weight is 267 g/mol. The Morgan fingerprint density at radius 2 is 1.84 bits per heavy atom. The van der Waals surface area contributed by atoms with Crippen LogP contribution in [0.2, 0.25) is 0 Å². The summed E-state index contributed by atoms with van der Waals surface area (Å²) in [5, 5.41) is 12.8. The second kappa shape index (κ2) is 7.36. The Kier molecular flexibility index (Phi) is 6.12. The average Bonchev–Trinajstić information content (AvgIpc) is 2.43. The smallest absolute Gasteiger partial charge is 0.123 e. The molecule has 0 saturated carbocycles. The zero-order chi connectivity index (χ0) is 14.4. The SMILES string of the molecule is COc1ccc(OC)c(C(C)N[C@H](CO)C(C)C)c1. The minimum atomic E-state index is 0.0610. The highest BCUT2D eigenvalue weighted by atomic mass is 16.5. The maximum absolute atomic E-state index is 9.40. The standard InChI is InChI=1S/C15H25NO3/c1-10(2)14(9-17)16-11(3)13-8-12(18-4)6-7-15(13)19-5/h6-8,10-11,14,16-17H,9H2,1-5H3/t11?,14-/m1/s1. The number of hydrogen-bond donors (Lipinski definition) is 2. The van der Waals surface area contributed by atoms with Gasteiger partial charge < -0.3 is 19.9 Å². The van der Waals surface area contributed by atoms with Gasteiger partial charge in [-0.1, -0.05) is 13.8 Å². The van der Waals surface area contributed by atoms with Crippen LogP contribution in [0.4, 0.5) is 0 Å². The second-order valence-corrected chi connectivity index (χ2v) is 5.03. The van der Waals surface area contributed by atoms with Gasteiger partial charge in [-0.05, 0) is 31.0 Å². The van der Waals surface area contributed by atoms with E-state index in [1.54, 1.807) is 14.2 Å². The predicted octanol–water partition coefficient (Wildman–Crippen LogP) is 2.37. The molecule has 4 nitrogen and oxygen atoms in total. The van der Waals surface area contributed by atoms with Gasteiger partial charge in [-0.3, -0.25) is 0 Å². The Morgan fingerprint density at radius 1 is 1.16 bits per heavy atom. The molecule has 2 N–H and O–H groups in total. The first-order chi connectivity index (χ1) is 9.03. The van der Waals surface area contributed by atoms with Gasteiger partial charge in [-0.2, -0.15) is 0 Å². The summed E-state index contributed by atoms with van der Waals surface area (Å²) in [6, 6.07) is 5.87. The van der Waals surface area contributed by atoms with E-state index in [2.05, 4.69) is 26.1 Å². The van der Waals surface area contributed by atoms with Crippen LogP contribution >= 0.6 is 0 Å². The molecule has 0 saturated heterocycles. The van der Waals surface area contributed by atoms with Crippen molar-refractivity contribution in [2.45, 2.75) is 32.9 Å². The minimum Gasteiger partial charge on any atom is -0.497 e. The zero-order valence-corrected chi connectivity index (χ0v) is 12.4. The van der Waals surface area contributed by atoms with Crippen LogP contribution in [0, 0.1) is 5.92 Å². The van der Waals surface area contributed by atoms with Crippen LogP contribution in [0.15, 0.2) is 18.2 Å². The number of methoxy groups -OCH3 is 2. The number of ether oxygens (including phenoxy) is 2. The molecule has 108 valence electrons. The van der Waals surface area contributed by atoms with Crippen molar-refractivity contribution in [3.63, 3.8) is 0 Å². The fraction of sp³-hybridized carbons (Fsp3) is 0.600. The molecule has 1 aromatic carbocycles. The van der Waals surface area contributed by atoms with E-state index >= 15 is 0 Å². The summed E-state index contributed by atoms with van der Waals surface area (Å²) in [4.78, 5) is 0. The van der Waals surface area contributed by atoms with Crippen molar-refractivity contribution in [3.05, 3.63) is 23.8 Å². The first-order valence-electron chi connectivity index (χ1n) is 6.62. The van der Waals surface area contributed by atoms with Crippen molar-refractivity contribution in [2.24, 2.45) is 5.92 Å². The van der Waals surface area contributed by atoms with Gasteiger partial charge in [0.25, 0.3) is 0 Å². The summed E-state index contributed by atoms with van der Waals surface area (Å²) in [5.41, 5.74) is 1.03. The van der Waals surface area contributed by atoms with E-state index in [-0.39, 0.29) is 18.7 Å². The predicted molar refractivity (Wildman–Crippen MR) is 76.8 cm³/mol. The maximum Gasteiger partial charge on any atom is 0.123 e. The fourth-order valence-electron chi connectivity index (χ4n) is 2.04. The second-order valence-electron chi connectivity index (χ2n) is 5.03. The van der Waals surface area contributed by atoms with Crippen molar-refractivity contribution in [3.8, 4) is 11.5 Å². The van der Waals surface area contributed by atoms with Crippen LogP contribution < -0.4 is 14.8 Å². The molecule has 0 amide bonds. The quantitative estimate of drug-likeness (QED) is 0.796. The van der Waals surface area contributed by atoms with Crippen LogP contribution in [0.1, 0.15) is 32.4 Å². The third-order valence-corrected chi connectivity index (χ3v) is 3.37. The molecule has 0 bridgehead atoms. The van der Waals surface area contributed by atoms with E-state index < -0.39 is 0 Å². The van der Waals surface area contributed by atoms with Gasteiger partial charge in [-0.15, -0.1) is 0 Å². The fourth-order valence-corrected chi connectivity index (χ4v) is 2.04. The lowest BCUT2D eigenvalue weighted by Crippen LogP contribution is -2.38. The van der Waals surface area contributed by atoms with Crippen LogP contribution in [-0.4, -0.2) is 32.0 Å². The van der Waals surface area contributed by atoms with E-state index in [1.165, 1.54) is 0 Å². The van der Waals surface area contributed by atoms with E-state index in [4.69, 9.17) is 9.47 Å². The molecule has 0 aliphatic carbocycles. The van der Waals surface area contributed by atoms with Crippen molar-refractivity contribution < 1.29 is 14.6 Å². The summed E-state index contributed by atoms with van der Waals surface area (Å²) in [6.07, 6.45) is 0. The molecular weight excluding hydrogens is 242 g/mol. The van der Waals surface area contributed by atoms with Gasteiger partial charge in [0.05, 0.1) is 20.8 Å². The van der Waals surface area contributed by atoms with Gasteiger partial charge in [-0.25, -0.2) is 0 Å². The van der Waals surface area contributed by atoms with Crippen molar-refractivity contribution in [1.29, 1.82) is 0 Å². The topological polar surface area (TPSA) is 50.7 Å². The highest BCUT2D eigenvalue weighted by molar-refractivity contribution is 5.42. The Morgan fingerprint density at radius 3 is 2.32 bits per heavy atom. The molecule has 0 fully saturated rings. The largest absolute Gasteiger partial charge is 0.497 e. The van der Waals surface area contributed by atoms with E-state index in [0.717, 1.165) is 17.1 Å². The molecule has 0 aliphatic heterocycles.